The SMILES string of the molecule is C[C@H]1CN(Cc2ccc(N(C)C(=O)N3CCC(Nc4cccc(F)c4)CC3)cc2)C[C@@](C)(C(C)(C)C)N1C(=O)O. The first-order chi connectivity index (χ1) is 18.8. The van der Waals surface area contributed by atoms with Crippen LogP contribution in [-0.4, -0.2) is 82.8 Å². The molecule has 2 aromatic carbocycles. The third-order valence-corrected chi connectivity index (χ3v) is 8.83. The van der Waals surface area contributed by atoms with Crippen LogP contribution in [0.1, 0.15) is 53.0 Å². The van der Waals surface area contributed by atoms with Gasteiger partial charge in [0.2, 0.25) is 0 Å². The van der Waals surface area contributed by atoms with E-state index in [9.17, 15) is 19.1 Å². The van der Waals surface area contributed by atoms with Crippen molar-refractivity contribution < 1.29 is 19.1 Å². The average molecular weight is 554 g/mol. The summed E-state index contributed by atoms with van der Waals surface area (Å²) >= 11 is 0. The van der Waals surface area contributed by atoms with Crippen LogP contribution in [0.2, 0.25) is 0 Å². The lowest BCUT2D eigenvalue weighted by Crippen LogP contribution is -2.70. The Hall–Kier alpha value is -3.33. The molecule has 2 atom stereocenters. The summed E-state index contributed by atoms with van der Waals surface area (Å²) in [4.78, 5) is 32.9. The highest BCUT2D eigenvalue weighted by Gasteiger charge is 2.51. The number of benzene rings is 2. The summed E-state index contributed by atoms with van der Waals surface area (Å²) in [5, 5.41) is 13.3. The number of likely N-dealkylation sites (tertiary alicyclic amines) is 1. The van der Waals surface area contributed by atoms with Gasteiger partial charge in [-0.2, -0.15) is 0 Å². The van der Waals surface area contributed by atoms with E-state index in [4.69, 9.17) is 0 Å². The number of carbonyl (C=O) groups is 2. The quantitative estimate of drug-likeness (QED) is 0.479. The van der Waals surface area contributed by atoms with Crippen molar-refractivity contribution in [3.8, 4) is 0 Å². The summed E-state index contributed by atoms with van der Waals surface area (Å²) in [5.74, 6) is -0.260. The van der Waals surface area contributed by atoms with Crippen molar-refractivity contribution >= 4 is 23.5 Å². The van der Waals surface area contributed by atoms with E-state index in [1.54, 1.807) is 22.9 Å². The fourth-order valence-corrected chi connectivity index (χ4v) is 6.07. The molecule has 0 aromatic heterocycles. The molecule has 3 amide bonds. The van der Waals surface area contributed by atoms with E-state index >= 15 is 0 Å². The van der Waals surface area contributed by atoms with Crippen LogP contribution in [-0.2, 0) is 6.54 Å². The number of rotatable bonds is 5. The number of piperazine rings is 1. The summed E-state index contributed by atoms with van der Waals surface area (Å²) in [5.41, 5.74) is 1.97. The van der Waals surface area contributed by atoms with Crippen molar-refractivity contribution in [1.29, 1.82) is 0 Å². The van der Waals surface area contributed by atoms with Gasteiger partial charge in [-0.15, -0.1) is 0 Å². The molecule has 0 radical (unpaired) electrons. The Morgan fingerprint density at radius 1 is 1.12 bits per heavy atom. The lowest BCUT2D eigenvalue weighted by atomic mass is 9.71. The number of piperidine rings is 1. The number of carboxylic acid groups (broad SMARTS) is 1. The molecule has 0 spiro atoms. The second-order valence-corrected chi connectivity index (χ2v) is 12.6. The molecule has 4 rings (SSSR count). The molecule has 218 valence electrons. The van der Waals surface area contributed by atoms with E-state index < -0.39 is 11.6 Å². The van der Waals surface area contributed by atoms with E-state index in [2.05, 4.69) is 43.1 Å². The largest absolute Gasteiger partial charge is 0.465 e. The second-order valence-electron chi connectivity index (χ2n) is 12.6. The number of urea groups is 1. The Bertz CT molecular complexity index is 1190. The molecule has 0 bridgehead atoms. The molecule has 2 heterocycles. The van der Waals surface area contributed by atoms with Crippen LogP contribution in [0, 0.1) is 11.2 Å². The third kappa shape index (κ3) is 6.35. The fourth-order valence-electron chi connectivity index (χ4n) is 6.07. The second kappa shape index (κ2) is 11.6. The molecule has 0 saturated carbocycles. The molecular weight excluding hydrogens is 509 g/mol. The summed E-state index contributed by atoms with van der Waals surface area (Å²) in [6, 6.07) is 14.6. The van der Waals surface area contributed by atoms with Gasteiger partial charge in [0.1, 0.15) is 5.82 Å². The van der Waals surface area contributed by atoms with E-state index in [1.807, 2.05) is 36.9 Å². The first kappa shape index (κ1) is 29.6. The van der Waals surface area contributed by atoms with Crippen LogP contribution in [0.4, 0.5) is 25.4 Å². The average Bonchev–Trinajstić information content (AvgIpc) is 2.87. The molecule has 40 heavy (non-hydrogen) atoms. The molecule has 0 aliphatic carbocycles. The number of anilines is 2. The Labute approximate surface area is 237 Å². The van der Waals surface area contributed by atoms with Crippen molar-refractivity contribution in [2.75, 3.05) is 43.4 Å². The predicted molar refractivity (Wildman–Crippen MR) is 157 cm³/mol. The van der Waals surface area contributed by atoms with Gasteiger partial charge >= 0.3 is 12.1 Å². The third-order valence-electron chi connectivity index (χ3n) is 8.83. The fraction of sp³-hybridized carbons (Fsp3) is 0.548. The zero-order chi connectivity index (χ0) is 29.2. The molecule has 8 nitrogen and oxygen atoms in total. The maximum Gasteiger partial charge on any atom is 0.408 e. The van der Waals surface area contributed by atoms with Crippen molar-refractivity contribution in [3.63, 3.8) is 0 Å². The topological polar surface area (TPSA) is 79.4 Å². The van der Waals surface area contributed by atoms with Gasteiger partial charge in [-0.25, -0.2) is 14.0 Å². The van der Waals surface area contributed by atoms with E-state index in [0.717, 1.165) is 29.8 Å². The molecule has 2 aliphatic rings. The van der Waals surface area contributed by atoms with Gasteiger partial charge in [-0.05, 0) is 68.0 Å². The molecule has 2 N–H and O–H groups in total. The zero-order valence-corrected chi connectivity index (χ0v) is 24.7. The van der Waals surface area contributed by atoms with Crippen LogP contribution < -0.4 is 10.2 Å². The maximum atomic E-state index is 13.5. The molecule has 0 unspecified atom stereocenters. The summed E-state index contributed by atoms with van der Waals surface area (Å²) in [6.45, 7) is 13.6. The van der Waals surface area contributed by atoms with E-state index in [1.165, 1.54) is 12.1 Å². The predicted octanol–water partition coefficient (Wildman–Crippen LogP) is 5.95. The van der Waals surface area contributed by atoms with E-state index in [0.29, 0.717) is 32.7 Å². The van der Waals surface area contributed by atoms with Gasteiger partial charge in [-0.1, -0.05) is 39.0 Å². The first-order valence-electron chi connectivity index (χ1n) is 14.2. The zero-order valence-electron chi connectivity index (χ0n) is 24.7. The molecule has 9 heteroatoms. The maximum absolute atomic E-state index is 13.5. The minimum absolute atomic E-state index is 0.0310. The number of halogens is 1. The highest BCUT2D eigenvalue weighted by molar-refractivity contribution is 5.91. The summed E-state index contributed by atoms with van der Waals surface area (Å²) in [7, 11) is 1.80. The number of nitrogens with zero attached hydrogens (tertiary/aromatic N) is 4. The van der Waals surface area contributed by atoms with Crippen molar-refractivity contribution in [1.82, 2.24) is 14.7 Å². The number of nitrogens with one attached hydrogen (secondary N) is 1. The monoisotopic (exact) mass is 553 g/mol. The highest BCUT2D eigenvalue weighted by atomic mass is 19.1. The van der Waals surface area contributed by atoms with Crippen LogP contribution in [0.3, 0.4) is 0 Å². The Morgan fingerprint density at radius 3 is 2.35 bits per heavy atom. The minimum Gasteiger partial charge on any atom is -0.465 e. The Kier molecular flexibility index (Phi) is 8.63. The first-order valence-corrected chi connectivity index (χ1v) is 14.2. The van der Waals surface area contributed by atoms with Gasteiger partial charge in [0, 0.05) is 63.2 Å². The Morgan fingerprint density at radius 2 is 1.77 bits per heavy atom. The van der Waals surface area contributed by atoms with E-state index in [-0.39, 0.29) is 29.3 Å². The Balaban J connectivity index is 1.33. The van der Waals surface area contributed by atoms with Gasteiger partial charge in [-0.3, -0.25) is 14.7 Å². The number of hydrogen-bond acceptors (Lipinski definition) is 4. The van der Waals surface area contributed by atoms with Gasteiger partial charge in [0.05, 0.1) is 5.54 Å². The molecule has 2 aliphatic heterocycles. The molecule has 2 saturated heterocycles. The molecular formula is C31H44FN5O3. The van der Waals surface area contributed by atoms with Crippen molar-refractivity contribution in [2.24, 2.45) is 5.41 Å². The lowest BCUT2D eigenvalue weighted by Gasteiger charge is -2.57. The smallest absolute Gasteiger partial charge is 0.408 e. The van der Waals surface area contributed by atoms with Crippen LogP contribution in [0.25, 0.3) is 0 Å². The number of hydrogen-bond donors (Lipinski definition) is 2. The minimum atomic E-state index is -0.867. The lowest BCUT2D eigenvalue weighted by molar-refractivity contribution is -0.0716. The normalized spacial score (nSPS) is 22.7. The standard InChI is InChI=1S/C31H44FN5O3/c1-22-19-35(21-31(5,30(2,3)4)37(22)29(39)40)20-23-10-12-27(13-11-23)34(6)28(38)36-16-14-25(15-17-36)33-26-9-7-8-24(32)18-26/h7-13,18,22,25,33H,14-17,19-21H2,1-6H3,(H,39,40)/t22-,31-/m0/s1. The molecule has 2 fully saturated rings. The van der Waals surface area contributed by atoms with Crippen LogP contribution in [0.15, 0.2) is 48.5 Å². The van der Waals surface area contributed by atoms with Gasteiger partial charge in [0.15, 0.2) is 0 Å². The number of carbonyl (C=O) groups excluding carboxylic acids is 1. The van der Waals surface area contributed by atoms with Crippen molar-refractivity contribution in [2.45, 2.75) is 71.6 Å². The van der Waals surface area contributed by atoms with Crippen molar-refractivity contribution in [3.05, 3.63) is 59.9 Å². The molecule has 2 aromatic rings. The van der Waals surface area contributed by atoms with Gasteiger partial charge < -0.3 is 15.3 Å². The van der Waals surface area contributed by atoms with Gasteiger partial charge in [0.25, 0.3) is 0 Å². The van der Waals surface area contributed by atoms with Crippen LogP contribution in [0.5, 0.6) is 0 Å². The summed E-state index contributed by atoms with van der Waals surface area (Å²) in [6.07, 6.45) is 0.736. The number of amides is 3. The highest BCUT2D eigenvalue weighted by Crippen LogP contribution is 2.40. The van der Waals surface area contributed by atoms with Crippen LogP contribution >= 0.6 is 0 Å². The summed E-state index contributed by atoms with van der Waals surface area (Å²) < 4.78 is 13.5.